The quantitative estimate of drug-likeness (QED) is 0.899. The van der Waals surface area contributed by atoms with Crippen LogP contribution in [0.1, 0.15) is 29.1 Å². The van der Waals surface area contributed by atoms with Crippen molar-refractivity contribution in [3.8, 4) is 11.3 Å². The van der Waals surface area contributed by atoms with Gasteiger partial charge in [-0.05, 0) is 12.5 Å². The predicted octanol–water partition coefficient (Wildman–Crippen LogP) is 2.75. The van der Waals surface area contributed by atoms with Crippen molar-refractivity contribution in [2.24, 2.45) is 0 Å². The second kappa shape index (κ2) is 5.01. The minimum atomic E-state index is -1.13. The highest BCUT2D eigenvalue weighted by molar-refractivity contribution is 5.85. The Labute approximate surface area is 104 Å². The predicted molar refractivity (Wildman–Crippen MR) is 64.3 cm³/mol. The number of rotatable bonds is 4. The van der Waals surface area contributed by atoms with Gasteiger partial charge in [-0.25, -0.2) is 4.79 Å². The molecule has 0 bridgehead atoms. The van der Waals surface area contributed by atoms with E-state index in [1.54, 1.807) is 7.11 Å². The number of aromatic nitrogens is 1. The summed E-state index contributed by atoms with van der Waals surface area (Å²) in [7, 11) is 1.65. The fourth-order valence-electron chi connectivity index (χ4n) is 1.57. The molecular formula is C13H13NO4. The van der Waals surface area contributed by atoms with Crippen molar-refractivity contribution in [2.45, 2.75) is 13.0 Å². The minimum absolute atomic E-state index is 0.0194. The van der Waals surface area contributed by atoms with Crippen LogP contribution in [0.5, 0.6) is 0 Å². The molecule has 94 valence electrons. The van der Waals surface area contributed by atoms with E-state index in [1.807, 2.05) is 31.2 Å². The average molecular weight is 247 g/mol. The number of benzene rings is 1. The number of ether oxygens (including phenoxy) is 1. The van der Waals surface area contributed by atoms with Crippen LogP contribution in [-0.4, -0.2) is 23.3 Å². The molecule has 0 aliphatic carbocycles. The number of carboxylic acids is 1. The maximum Gasteiger partial charge on any atom is 0.374 e. The first-order chi connectivity index (χ1) is 8.61. The van der Waals surface area contributed by atoms with E-state index in [0.717, 1.165) is 11.1 Å². The maximum atomic E-state index is 10.7. The molecule has 0 amide bonds. The van der Waals surface area contributed by atoms with Crippen LogP contribution in [0, 0.1) is 0 Å². The number of hydrogen-bond donors (Lipinski definition) is 1. The third kappa shape index (κ3) is 2.41. The number of hydrogen-bond acceptors (Lipinski definition) is 4. The maximum absolute atomic E-state index is 10.7. The SMILES string of the molecule is COC(C)c1ccc(-c2cc(C(=O)O)on2)cc1. The summed E-state index contributed by atoms with van der Waals surface area (Å²) in [5.74, 6) is -1.29. The molecule has 1 aromatic heterocycles. The van der Waals surface area contributed by atoms with Crippen LogP contribution in [0.2, 0.25) is 0 Å². The zero-order valence-corrected chi connectivity index (χ0v) is 10.1. The van der Waals surface area contributed by atoms with Gasteiger partial charge in [-0.15, -0.1) is 0 Å². The molecule has 1 atom stereocenters. The monoisotopic (exact) mass is 247 g/mol. The van der Waals surface area contributed by atoms with E-state index < -0.39 is 5.97 Å². The zero-order chi connectivity index (χ0) is 13.1. The van der Waals surface area contributed by atoms with Gasteiger partial charge in [0, 0.05) is 18.7 Å². The summed E-state index contributed by atoms with van der Waals surface area (Å²) in [6.07, 6.45) is 0.0194. The summed E-state index contributed by atoms with van der Waals surface area (Å²) in [6.45, 7) is 1.95. The minimum Gasteiger partial charge on any atom is -0.475 e. The largest absolute Gasteiger partial charge is 0.475 e. The first-order valence-corrected chi connectivity index (χ1v) is 5.45. The molecule has 1 heterocycles. The van der Waals surface area contributed by atoms with Crippen molar-refractivity contribution in [3.63, 3.8) is 0 Å². The topological polar surface area (TPSA) is 72.6 Å². The van der Waals surface area contributed by atoms with Gasteiger partial charge in [0.1, 0.15) is 5.69 Å². The van der Waals surface area contributed by atoms with E-state index in [-0.39, 0.29) is 11.9 Å². The first kappa shape index (κ1) is 12.3. The van der Waals surface area contributed by atoms with Gasteiger partial charge in [0.05, 0.1) is 6.10 Å². The van der Waals surface area contributed by atoms with E-state index in [9.17, 15) is 4.79 Å². The Morgan fingerprint density at radius 2 is 2.06 bits per heavy atom. The second-order valence-corrected chi connectivity index (χ2v) is 3.88. The summed E-state index contributed by atoms with van der Waals surface area (Å²) in [6, 6.07) is 8.94. The van der Waals surface area contributed by atoms with Gasteiger partial charge < -0.3 is 14.4 Å². The van der Waals surface area contributed by atoms with Gasteiger partial charge in [-0.1, -0.05) is 29.4 Å². The number of aromatic carboxylic acids is 1. The van der Waals surface area contributed by atoms with E-state index in [2.05, 4.69) is 5.16 Å². The summed E-state index contributed by atoms with van der Waals surface area (Å²) >= 11 is 0. The Kier molecular flexibility index (Phi) is 3.43. The van der Waals surface area contributed by atoms with Crippen molar-refractivity contribution in [1.29, 1.82) is 0 Å². The molecule has 2 rings (SSSR count). The number of carboxylic acid groups (broad SMARTS) is 1. The van der Waals surface area contributed by atoms with Gasteiger partial charge in [0.15, 0.2) is 0 Å². The number of carbonyl (C=O) groups is 1. The summed E-state index contributed by atoms with van der Waals surface area (Å²) in [5.41, 5.74) is 2.35. The highest BCUT2D eigenvalue weighted by atomic mass is 16.5. The molecule has 0 saturated carbocycles. The average Bonchev–Trinajstić information content (AvgIpc) is 2.88. The molecule has 0 aliphatic heterocycles. The molecule has 0 fully saturated rings. The Morgan fingerprint density at radius 1 is 1.39 bits per heavy atom. The molecule has 1 aromatic carbocycles. The fraction of sp³-hybridized carbons (Fsp3) is 0.231. The summed E-state index contributed by atoms with van der Waals surface area (Å²) in [5, 5.41) is 12.5. The summed E-state index contributed by atoms with van der Waals surface area (Å²) < 4.78 is 9.91. The van der Waals surface area contributed by atoms with Crippen molar-refractivity contribution in [1.82, 2.24) is 5.16 Å². The molecular weight excluding hydrogens is 234 g/mol. The lowest BCUT2D eigenvalue weighted by molar-refractivity contribution is 0.0652. The molecule has 0 spiro atoms. The van der Waals surface area contributed by atoms with Crippen molar-refractivity contribution < 1.29 is 19.2 Å². The Hall–Kier alpha value is -2.14. The van der Waals surface area contributed by atoms with Gasteiger partial charge in [-0.3, -0.25) is 0 Å². The zero-order valence-electron chi connectivity index (χ0n) is 10.1. The van der Waals surface area contributed by atoms with Gasteiger partial charge >= 0.3 is 5.97 Å². The van der Waals surface area contributed by atoms with Crippen LogP contribution in [0.4, 0.5) is 0 Å². The van der Waals surface area contributed by atoms with Crippen molar-refractivity contribution in [3.05, 3.63) is 41.7 Å². The molecule has 0 saturated heterocycles. The van der Waals surface area contributed by atoms with Crippen LogP contribution in [0.25, 0.3) is 11.3 Å². The van der Waals surface area contributed by atoms with Crippen LogP contribution in [0.15, 0.2) is 34.9 Å². The number of nitrogens with zero attached hydrogens (tertiary/aromatic N) is 1. The Bertz CT molecular complexity index is 544. The van der Waals surface area contributed by atoms with Crippen molar-refractivity contribution >= 4 is 5.97 Å². The normalized spacial score (nSPS) is 12.3. The molecule has 0 radical (unpaired) electrons. The van der Waals surface area contributed by atoms with Gasteiger partial charge in [0.2, 0.25) is 5.76 Å². The lowest BCUT2D eigenvalue weighted by Crippen LogP contribution is -1.95. The Morgan fingerprint density at radius 3 is 2.56 bits per heavy atom. The fourth-order valence-corrected chi connectivity index (χ4v) is 1.57. The van der Waals surface area contributed by atoms with Crippen LogP contribution in [-0.2, 0) is 4.74 Å². The van der Waals surface area contributed by atoms with E-state index in [1.165, 1.54) is 6.07 Å². The number of methoxy groups -OCH3 is 1. The highest BCUT2D eigenvalue weighted by Crippen LogP contribution is 2.22. The summed E-state index contributed by atoms with van der Waals surface area (Å²) in [4.78, 5) is 10.7. The van der Waals surface area contributed by atoms with Gasteiger partial charge in [-0.2, -0.15) is 0 Å². The van der Waals surface area contributed by atoms with Crippen LogP contribution >= 0.6 is 0 Å². The molecule has 0 aliphatic rings. The van der Waals surface area contributed by atoms with Crippen LogP contribution in [0.3, 0.4) is 0 Å². The molecule has 2 aromatic rings. The molecule has 5 heteroatoms. The lowest BCUT2D eigenvalue weighted by Gasteiger charge is -2.09. The third-order valence-corrected chi connectivity index (χ3v) is 2.75. The van der Waals surface area contributed by atoms with E-state index in [4.69, 9.17) is 14.4 Å². The lowest BCUT2D eigenvalue weighted by atomic mass is 10.1. The standard InChI is InChI=1S/C13H13NO4/c1-8(17-2)9-3-5-10(6-4-9)11-7-12(13(15)16)18-14-11/h3-8H,1-2H3,(H,15,16). The van der Waals surface area contributed by atoms with E-state index in [0.29, 0.717) is 5.69 Å². The van der Waals surface area contributed by atoms with Crippen LogP contribution < -0.4 is 0 Å². The smallest absolute Gasteiger partial charge is 0.374 e. The second-order valence-electron chi connectivity index (χ2n) is 3.88. The van der Waals surface area contributed by atoms with Crippen molar-refractivity contribution in [2.75, 3.05) is 7.11 Å². The highest BCUT2D eigenvalue weighted by Gasteiger charge is 2.12. The third-order valence-electron chi connectivity index (χ3n) is 2.75. The van der Waals surface area contributed by atoms with E-state index >= 15 is 0 Å². The van der Waals surface area contributed by atoms with Gasteiger partial charge in [0.25, 0.3) is 0 Å². The molecule has 1 N–H and O–H groups in total. The molecule has 1 unspecified atom stereocenters. The first-order valence-electron chi connectivity index (χ1n) is 5.45. The molecule has 18 heavy (non-hydrogen) atoms. The Balaban J connectivity index is 2.25. The molecule has 5 nitrogen and oxygen atoms in total.